The molecule has 0 spiro atoms. The SMILES string of the molecule is COc1ccc(COc2ccc(/C=N\NC(=O)c3cc(OC)cc(OC)c3)cc2)cc1. The molecular weight excluding hydrogens is 396 g/mol. The Morgan fingerprint density at radius 3 is 1.97 bits per heavy atom. The van der Waals surface area contributed by atoms with Crippen LogP contribution in [0, 0.1) is 0 Å². The summed E-state index contributed by atoms with van der Waals surface area (Å²) in [5, 5.41) is 4.01. The van der Waals surface area contributed by atoms with Crippen molar-refractivity contribution in [3.8, 4) is 23.0 Å². The third kappa shape index (κ3) is 6.24. The van der Waals surface area contributed by atoms with Gasteiger partial charge in [0, 0.05) is 11.6 Å². The standard InChI is InChI=1S/C24H24N2O5/c1-28-20-8-6-18(7-9-20)16-31-21-10-4-17(5-11-21)15-25-26-24(27)19-12-22(29-2)14-23(13-19)30-3/h4-15H,16H2,1-3H3,(H,26,27)/b25-15-. The molecule has 0 saturated heterocycles. The van der Waals surface area contributed by atoms with Crippen molar-refractivity contribution in [3.05, 3.63) is 83.4 Å². The summed E-state index contributed by atoms with van der Waals surface area (Å²) in [4.78, 5) is 12.3. The van der Waals surface area contributed by atoms with Crippen molar-refractivity contribution in [3.63, 3.8) is 0 Å². The highest BCUT2D eigenvalue weighted by atomic mass is 16.5. The van der Waals surface area contributed by atoms with Crippen LogP contribution in [-0.2, 0) is 6.61 Å². The van der Waals surface area contributed by atoms with E-state index in [2.05, 4.69) is 10.5 Å². The second-order valence-corrected chi connectivity index (χ2v) is 6.51. The van der Waals surface area contributed by atoms with Crippen molar-refractivity contribution in [1.82, 2.24) is 5.43 Å². The minimum Gasteiger partial charge on any atom is -0.497 e. The molecule has 0 fully saturated rings. The summed E-state index contributed by atoms with van der Waals surface area (Å²) >= 11 is 0. The molecule has 0 radical (unpaired) electrons. The first kappa shape index (κ1) is 21.7. The highest BCUT2D eigenvalue weighted by molar-refractivity contribution is 5.95. The summed E-state index contributed by atoms with van der Waals surface area (Å²) in [5.41, 5.74) is 4.75. The predicted octanol–water partition coefficient (Wildman–Crippen LogP) is 4.06. The van der Waals surface area contributed by atoms with Crippen molar-refractivity contribution < 1.29 is 23.7 Å². The van der Waals surface area contributed by atoms with Crippen molar-refractivity contribution in [1.29, 1.82) is 0 Å². The number of nitrogens with zero attached hydrogens (tertiary/aromatic N) is 1. The van der Waals surface area contributed by atoms with Crippen molar-refractivity contribution >= 4 is 12.1 Å². The first-order chi connectivity index (χ1) is 15.1. The lowest BCUT2D eigenvalue weighted by atomic mass is 10.2. The molecule has 0 aliphatic carbocycles. The minimum absolute atomic E-state index is 0.368. The molecule has 0 bridgehead atoms. The van der Waals surface area contributed by atoms with Crippen LogP contribution in [-0.4, -0.2) is 33.5 Å². The number of ether oxygens (including phenoxy) is 4. The first-order valence-corrected chi connectivity index (χ1v) is 9.53. The van der Waals surface area contributed by atoms with Crippen LogP contribution < -0.4 is 24.4 Å². The molecule has 0 unspecified atom stereocenters. The van der Waals surface area contributed by atoms with E-state index in [4.69, 9.17) is 18.9 Å². The third-order valence-corrected chi connectivity index (χ3v) is 4.44. The summed E-state index contributed by atoms with van der Waals surface area (Å²) in [6.07, 6.45) is 1.56. The molecule has 0 atom stereocenters. The van der Waals surface area contributed by atoms with E-state index in [-0.39, 0.29) is 5.91 Å². The van der Waals surface area contributed by atoms with Gasteiger partial charge in [-0.25, -0.2) is 5.43 Å². The van der Waals surface area contributed by atoms with E-state index >= 15 is 0 Å². The van der Waals surface area contributed by atoms with Gasteiger partial charge in [-0.2, -0.15) is 5.10 Å². The number of rotatable bonds is 9. The molecular formula is C24H24N2O5. The molecule has 0 saturated carbocycles. The normalized spacial score (nSPS) is 10.5. The van der Waals surface area contributed by atoms with Gasteiger partial charge >= 0.3 is 0 Å². The van der Waals surface area contributed by atoms with Crippen molar-refractivity contribution in [2.75, 3.05) is 21.3 Å². The molecule has 0 aromatic heterocycles. The van der Waals surface area contributed by atoms with Crippen LogP contribution in [0.25, 0.3) is 0 Å². The van der Waals surface area contributed by atoms with Gasteiger partial charge < -0.3 is 18.9 Å². The smallest absolute Gasteiger partial charge is 0.271 e. The monoisotopic (exact) mass is 420 g/mol. The lowest BCUT2D eigenvalue weighted by molar-refractivity contribution is 0.0954. The Labute approximate surface area is 181 Å². The molecule has 0 aliphatic rings. The van der Waals surface area contributed by atoms with Crippen LogP contribution in [0.5, 0.6) is 23.0 Å². The van der Waals surface area contributed by atoms with Gasteiger partial charge in [-0.15, -0.1) is 0 Å². The molecule has 3 aromatic carbocycles. The van der Waals surface area contributed by atoms with Gasteiger partial charge in [0.25, 0.3) is 5.91 Å². The quantitative estimate of drug-likeness (QED) is 0.417. The number of methoxy groups -OCH3 is 3. The molecule has 0 aliphatic heterocycles. The number of nitrogens with one attached hydrogen (secondary N) is 1. The fraction of sp³-hybridized carbons (Fsp3) is 0.167. The number of carbonyl (C=O) groups excluding carboxylic acids is 1. The zero-order valence-electron chi connectivity index (χ0n) is 17.6. The maximum absolute atomic E-state index is 12.3. The minimum atomic E-state index is -0.368. The van der Waals surface area contributed by atoms with Crippen molar-refractivity contribution in [2.24, 2.45) is 5.10 Å². The predicted molar refractivity (Wildman–Crippen MR) is 118 cm³/mol. The third-order valence-electron chi connectivity index (χ3n) is 4.44. The Bertz CT molecular complexity index is 1010. The zero-order chi connectivity index (χ0) is 22.1. The Morgan fingerprint density at radius 1 is 0.806 bits per heavy atom. The Kier molecular flexibility index (Phi) is 7.48. The number of carbonyl (C=O) groups is 1. The van der Waals surface area contributed by atoms with Crippen molar-refractivity contribution in [2.45, 2.75) is 6.61 Å². The summed E-state index contributed by atoms with van der Waals surface area (Å²) in [6, 6.07) is 20.0. The average molecular weight is 420 g/mol. The Balaban J connectivity index is 1.53. The number of hydrogen-bond acceptors (Lipinski definition) is 6. The van der Waals surface area contributed by atoms with E-state index in [0.29, 0.717) is 23.7 Å². The number of hydrogen-bond donors (Lipinski definition) is 1. The highest BCUT2D eigenvalue weighted by Crippen LogP contribution is 2.22. The summed E-state index contributed by atoms with van der Waals surface area (Å²) < 4.78 is 21.3. The lowest BCUT2D eigenvalue weighted by Crippen LogP contribution is -2.17. The first-order valence-electron chi connectivity index (χ1n) is 9.53. The van der Waals surface area contributed by atoms with Crippen LogP contribution in [0.3, 0.4) is 0 Å². The van der Waals surface area contributed by atoms with Gasteiger partial charge in [0.15, 0.2) is 0 Å². The van der Waals surface area contributed by atoms with Gasteiger partial charge in [-0.1, -0.05) is 12.1 Å². The topological polar surface area (TPSA) is 78.4 Å². The molecule has 1 amide bonds. The van der Waals surface area contributed by atoms with E-state index in [0.717, 1.165) is 22.6 Å². The van der Waals surface area contributed by atoms with E-state index < -0.39 is 0 Å². The molecule has 0 heterocycles. The molecule has 160 valence electrons. The highest BCUT2D eigenvalue weighted by Gasteiger charge is 2.09. The maximum atomic E-state index is 12.3. The summed E-state index contributed by atoms with van der Waals surface area (Å²) in [6.45, 7) is 0.456. The van der Waals surface area contributed by atoms with Crippen LogP contribution in [0.15, 0.2) is 71.8 Å². The molecule has 7 nitrogen and oxygen atoms in total. The van der Waals surface area contributed by atoms with Crippen LogP contribution in [0.1, 0.15) is 21.5 Å². The van der Waals surface area contributed by atoms with Gasteiger partial charge in [0.2, 0.25) is 0 Å². The molecule has 3 rings (SSSR count). The molecule has 3 aromatic rings. The second-order valence-electron chi connectivity index (χ2n) is 6.51. The fourth-order valence-electron chi connectivity index (χ4n) is 2.71. The zero-order valence-corrected chi connectivity index (χ0v) is 17.6. The van der Waals surface area contributed by atoms with Gasteiger partial charge in [0.1, 0.15) is 29.6 Å². The lowest BCUT2D eigenvalue weighted by Gasteiger charge is -2.08. The van der Waals surface area contributed by atoms with Gasteiger partial charge in [0.05, 0.1) is 27.5 Å². The number of amides is 1. The maximum Gasteiger partial charge on any atom is 0.271 e. The van der Waals surface area contributed by atoms with E-state index in [1.54, 1.807) is 31.5 Å². The fourth-order valence-corrected chi connectivity index (χ4v) is 2.71. The number of benzene rings is 3. The molecule has 1 N–H and O–H groups in total. The average Bonchev–Trinajstić information content (AvgIpc) is 2.83. The number of hydrazone groups is 1. The van der Waals surface area contributed by atoms with Crippen LogP contribution in [0.4, 0.5) is 0 Å². The van der Waals surface area contributed by atoms with Gasteiger partial charge in [-0.05, 0) is 59.7 Å². The second kappa shape index (κ2) is 10.7. The van der Waals surface area contributed by atoms with Crippen LogP contribution >= 0.6 is 0 Å². The largest absolute Gasteiger partial charge is 0.497 e. The van der Waals surface area contributed by atoms with E-state index in [1.165, 1.54) is 14.2 Å². The van der Waals surface area contributed by atoms with E-state index in [9.17, 15) is 4.79 Å². The Morgan fingerprint density at radius 2 is 1.39 bits per heavy atom. The van der Waals surface area contributed by atoms with Gasteiger partial charge in [-0.3, -0.25) is 4.79 Å². The summed E-state index contributed by atoms with van der Waals surface area (Å²) in [5.74, 6) is 2.23. The molecule has 31 heavy (non-hydrogen) atoms. The molecule has 7 heteroatoms. The Hall–Kier alpha value is -4.00. The van der Waals surface area contributed by atoms with E-state index in [1.807, 2.05) is 48.5 Å². The van der Waals surface area contributed by atoms with Crippen LogP contribution in [0.2, 0.25) is 0 Å². The summed E-state index contributed by atoms with van der Waals surface area (Å²) in [7, 11) is 4.69.